The molecule has 5 rings (SSSR count). The number of furan rings is 1. The normalized spacial score (nSPS) is 21.4. The van der Waals surface area contributed by atoms with E-state index in [4.69, 9.17) is 4.42 Å². The number of amides is 1. The highest BCUT2D eigenvalue weighted by Crippen LogP contribution is 2.32. The minimum absolute atomic E-state index is 0.00496. The molecule has 2 fully saturated rings. The molecule has 1 atom stereocenters. The molecule has 3 aromatic rings. The molecule has 1 aliphatic carbocycles. The van der Waals surface area contributed by atoms with Crippen molar-refractivity contribution in [1.29, 1.82) is 0 Å². The second-order valence-corrected chi connectivity index (χ2v) is 9.77. The first kappa shape index (κ1) is 17.4. The number of para-hydroxylation sites is 1. The van der Waals surface area contributed by atoms with Gasteiger partial charge in [0.2, 0.25) is 11.5 Å². The third-order valence-corrected chi connectivity index (χ3v) is 7.24. The Balaban J connectivity index is 1.47. The summed E-state index contributed by atoms with van der Waals surface area (Å²) in [5.74, 6) is -0.130. The van der Waals surface area contributed by atoms with Crippen molar-refractivity contribution in [2.45, 2.75) is 37.9 Å². The van der Waals surface area contributed by atoms with E-state index in [0.29, 0.717) is 17.5 Å². The minimum Gasteiger partial charge on any atom is -0.448 e. The Morgan fingerprint density at radius 2 is 2.00 bits per heavy atom. The number of hydrogen-bond acceptors (Lipinski definition) is 6. The van der Waals surface area contributed by atoms with E-state index in [0.717, 1.165) is 18.2 Å². The van der Waals surface area contributed by atoms with Crippen molar-refractivity contribution in [2.24, 2.45) is 0 Å². The average Bonchev–Trinajstić information content (AvgIpc) is 3.31. The summed E-state index contributed by atoms with van der Waals surface area (Å²) in [6.45, 7) is -0.175. The van der Waals surface area contributed by atoms with E-state index in [-0.39, 0.29) is 41.6 Å². The third kappa shape index (κ3) is 2.90. The largest absolute Gasteiger partial charge is 0.448 e. The molecule has 9 heteroatoms. The van der Waals surface area contributed by atoms with Crippen LogP contribution in [-0.4, -0.2) is 52.4 Å². The molecular weight excluding hydrogens is 382 g/mol. The molecule has 1 saturated carbocycles. The molecule has 2 aromatic heterocycles. The Bertz CT molecular complexity index is 1260. The highest BCUT2D eigenvalue weighted by molar-refractivity contribution is 7.91. The Morgan fingerprint density at radius 3 is 2.71 bits per heavy atom. The van der Waals surface area contributed by atoms with Crippen LogP contribution in [-0.2, 0) is 21.2 Å². The summed E-state index contributed by atoms with van der Waals surface area (Å²) in [6.07, 6.45) is 3.57. The van der Waals surface area contributed by atoms with Crippen LogP contribution in [0.5, 0.6) is 0 Å². The van der Waals surface area contributed by atoms with E-state index >= 15 is 0 Å². The number of hydrogen-bond donors (Lipinski definition) is 0. The average molecular weight is 401 g/mol. The maximum absolute atomic E-state index is 13.0. The van der Waals surface area contributed by atoms with Crippen molar-refractivity contribution in [3.63, 3.8) is 0 Å². The van der Waals surface area contributed by atoms with E-state index in [1.54, 1.807) is 11.0 Å². The molecule has 0 spiro atoms. The van der Waals surface area contributed by atoms with E-state index < -0.39 is 15.4 Å². The molecule has 2 aliphatic rings. The van der Waals surface area contributed by atoms with Gasteiger partial charge in [0.05, 0.1) is 17.8 Å². The van der Waals surface area contributed by atoms with Gasteiger partial charge in [0.15, 0.2) is 9.84 Å². The van der Waals surface area contributed by atoms with Gasteiger partial charge in [-0.3, -0.25) is 14.2 Å². The predicted molar refractivity (Wildman–Crippen MR) is 103 cm³/mol. The molecule has 3 heterocycles. The number of nitrogens with zero attached hydrogens (tertiary/aromatic N) is 3. The fourth-order valence-corrected chi connectivity index (χ4v) is 5.72. The Kier molecular flexibility index (Phi) is 3.84. The summed E-state index contributed by atoms with van der Waals surface area (Å²) >= 11 is 0. The van der Waals surface area contributed by atoms with Crippen molar-refractivity contribution in [2.75, 3.05) is 11.5 Å². The van der Waals surface area contributed by atoms with Gasteiger partial charge >= 0.3 is 0 Å². The van der Waals surface area contributed by atoms with Gasteiger partial charge in [0, 0.05) is 17.5 Å². The van der Waals surface area contributed by atoms with Crippen LogP contribution in [0.2, 0.25) is 0 Å². The molecular formula is C19H19N3O5S. The first-order valence-electron chi connectivity index (χ1n) is 9.31. The lowest BCUT2D eigenvalue weighted by Crippen LogP contribution is -2.45. The number of sulfone groups is 1. The molecule has 0 bridgehead atoms. The van der Waals surface area contributed by atoms with Gasteiger partial charge in [0.25, 0.3) is 5.56 Å². The van der Waals surface area contributed by atoms with Crippen molar-refractivity contribution < 1.29 is 17.6 Å². The summed E-state index contributed by atoms with van der Waals surface area (Å²) in [4.78, 5) is 31.8. The van der Waals surface area contributed by atoms with Crippen LogP contribution >= 0.6 is 0 Å². The van der Waals surface area contributed by atoms with Crippen LogP contribution in [0.4, 0.5) is 0 Å². The lowest BCUT2D eigenvalue weighted by atomic mass is 10.2. The lowest BCUT2D eigenvalue weighted by Gasteiger charge is -2.28. The van der Waals surface area contributed by atoms with Gasteiger partial charge < -0.3 is 9.32 Å². The van der Waals surface area contributed by atoms with E-state index in [1.165, 1.54) is 10.9 Å². The summed E-state index contributed by atoms with van der Waals surface area (Å²) in [5, 5.41) is 0.754. The number of aromatic nitrogens is 2. The third-order valence-electron chi connectivity index (χ3n) is 5.49. The fraction of sp³-hybridized carbons (Fsp3) is 0.421. The van der Waals surface area contributed by atoms with Crippen molar-refractivity contribution in [1.82, 2.24) is 14.5 Å². The van der Waals surface area contributed by atoms with Gasteiger partial charge in [-0.25, -0.2) is 13.4 Å². The van der Waals surface area contributed by atoms with Gasteiger partial charge in [-0.15, -0.1) is 0 Å². The summed E-state index contributed by atoms with van der Waals surface area (Å²) in [5.41, 5.74) is 0.759. The van der Waals surface area contributed by atoms with Crippen LogP contribution in [0, 0.1) is 0 Å². The highest BCUT2D eigenvalue weighted by Gasteiger charge is 2.42. The zero-order valence-electron chi connectivity index (χ0n) is 15.1. The van der Waals surface area contributed by atoms with Gasteiger partial charge in [0.1, 0.15) is 17.6 Å². The maximum Gasteiger partial charge on any atom is 0.297 e. The minimum atomic E-state index is -3.09. The first-order valence-corrected chi connectivity index (χ1v) is 11.1. The summed E-state index contributed by atoms with van der Waals surface area (Å²) in [6, 6.07) is 7.03. The molecule has 1 aliphatic heterocycles. The van der Waals surface area contributed by atoms with Crippen LogP contribution in [0.3, 0.4) is 0 Å². The molecule has 0 N–H and O–H groups in total. The van der Waals surface area contributed by atoms with Gasteiger partial charge in [-0.05, 0) is 31.4 Å². The lowest BCUT2D eigenvalue weighted by molar-refractivity contribution is -0.134. The zero-order valence-corrected chi connectivity index (χ0v) is 15.9. The second-order valence-electron chi connectivity index (χ2n) is 7.54. The molecule has 28 heavy (non-hydrogen) atoms. The van der Waals surface area contributed by atoms with E-state index in [1.807, 2.05) is 18.2 Å². The standard InChI is InChI=1S/C19H19N3O5S/c23-16(22(12-5-6-12)13-7-8-28(25,26)10-13)9-21-11-20-17-14-3-1-2-4-15(14)27-18(17)19(21)24/h1-4,11-13H,5-10H2. The quantitative estimate of drug-likeness (QED) is 0.653. The molecule has 1 saturated heterocycles. The fourth-order valence-electron chi connectivity index (χ4n) is 4.01. The van der Waals surface area contributed by atoms with Crippen LogP contribution < -0.4 is 5.56 Å². The van der Waals surface area contributed by atoms with Crippen molar-refractivity contribution in [3.8, 4) is 0 Å². The number of benzene rings is 1. The predicted octanol–water partition coefficient (Wildman–Crippen LogP) is 1.32. The number of fused-ring (bicyclic) bond motifs is 3. The Hall–Kier alpha value is -2.68. The summed E-state index contributed by atoms with van der Waals surface area (Å²) < 4.78 is 30.6. The first-order chi connectivity index (χ1) is 13.4. The van der Waals surface area contributed by atoms with Gasteiger partial charge in [-0.1, -0.05) is 12.1 Å². The zero-order chi connectivity index (χ0) is 19.5. The summed E-state index contributed by atoms with van der Waals surface area (Å²) in [7, 11) is -3.09. The van der Waals surface area contributed by atoms with Crippen molar-refractivity contribution in [3.05, 3.63) is 40.9 Å². The SMILES string of the molecule is O=C(Cn1cnc2c(oc3ccccc32)c1=O)N(C1CC1)C1CCS(=O)(=O)C1. The maximum atomic E-state index is 13.0. The highest BCUT2D eigenvalue weighted by atomic mass is 32.2. The van der Waals surface area contributed by atoms with Crippen LogP contribution in [0.1, 0.15) is 19.3 Å². The van der Waals surface area contributed by atoms with E-state index in [9.17, 15) is 18.0 Å². The topological polar surface area (TPSA) is 102 Å². The van der Waals surface area contributed by atoms with Crippen LogP contribution in [0.15, 0.2) is 39.8 Å². The molecule has 1 aromatic carbocycles. The number of rotatable bonds is 4. The molecule has 8 nitrogen and oxygen atoms in total. The number of carbonyl (C=O) groups is 1. The monoisotopic (exact) mass is 401 g/mol. The molecule has 0 radical (unpaired) electrons. The number of carbonyl (C=O) groups excluding carboxylic acids is 1. The smallest absolute Gasteiger partial charge is 0.297 e. The molecule has 146 valence electrons. The van der Waals surface area contributed by atoms with Crippen molar-refractivity contribution >= 4 is 37.8 Å². The van der Waals surface area contributed by atoms with Crippen LogP contribution in [0.25, 0.3) is 22.1 Å². The molecule has 1 amide bonds. The van der Waals surface area contributed by atoms with E-state index in [2.05, 4.69) is 4.98 Å². The Labute approximate surface area is 160 Å². The Morgan fingerprint density at radius 1 is 1.21 bits per heavy atom. The second kappa shape index (κ2) is 6.16. The molecule has 1 unspecified atom stereocenters. The van der Waals surface area contributed by atoms with Gasteiger partial charge in [-0.2, -0.15) is 0 Å².